The van der Waals surface area contributed by atoms with E-state index in [9.17, 15) is 34.5 Å². The van der Waals surface area contributed by atoms with E-state index in [0.717, 1.165) is 11.1 Å². The number of carbonyl (C=O) groups excluding carboxylic acids is 4. The zero-order valence-corrected chi connectivity index (χ0v) is 27.2. The maximum Gasteiger partial charge on any atom is 0.323 e. The van der Waals surface area contributed by atoms with Gasteiger partial charge in [0.1, 0.15) is 34.6 Å². The Bertz CT molecular complexity index is 1910. The first-order valence-corrected chi connectivity index (χ1v) is 16.2. The van der Waals surface area contributed by atoms with Gasteiger partial charge in [0.2, 0.25) is 0 Å². The van der Waals surface area contributed by atoms with E-state index in [4.69, 9.17) is 15.2 Å². The summed E-state index contributed by atoms with van der Waals surface area (Å²) in [5, 5.41) is 36.7. The van der Waals surface area contributed by atoms with Crippen LogP contribution in [-0.4, -0.2) is 58.5 Å². The summed E-state index contributed by atoms with van der Waals surface area (Å²) in [7, 11) is 1.54. The van der Waals surface area contributed by atoms with Crippen LogP contribution in [0.5, 0.6) is 11.5 Å². The van der Waals surface area contributed by atoms with Crippen LogP contribution >= 0.6 is 0 Å². The molecule has 11 nitrogen and oxygen atoms in total. The van der Waals surface area contributed by atoms with Gasteiger partial charge in [0, 0.05) is 24.1 Å². The van der Waals surface area contributed by atoms with Gasteiger partial charge in [0.05, 0.1) is 25.2 Å². The first-order valence-electron chi connectivity index (χ1n) is 16.2. The van der Waals surface area contributed by atoms with Crippen LogP contribution in [0, 0.1) is 17.8 Å². The van der Waals surface area contributed by atoms with Gasteiger partial charge in [-0.25, -0.2) is 0 Å². The predicted molar refractivity (Wildman–Crippen MR) is 179 cm³/mol. The average Bonchev–Trinajstić information content (AvgIpc) is 3.06. The van der Waals surface area contributed by atoms with Gasteiger partial charge in [0.15, 0.2) is 11.6 Å². The van der Waals surface area contributed by atoms with Crippen LogP contribution in [0.2, 0.25) is 0 Å². The minimum absolute atomic E-state index is 0.0410. The van der Waals surface area contributed by atoms with Crippen molar-refractivity contribution in [1.29, 1.82) is 0 Å². The van der Waals surface area contributed by atoms with Gasteiger partial charge in [-0.05, 0) is 78.5 Å². The number of phenols is 1. The number of rotatable bonds is 10. The number of ketones is 2. The predicted octanol–water partition coefficient (Wildman–Crippen LogP) is 4.25. The molecule has 1 amide bonds. The summed E-state index contributed by atoms with van der Waals surface area (Å²) >= 11 is 0. The van der Waals surface area contributed by atoms with Gasteiger partial charge < -0.3 is 35.8 Å². The number of amides is 1. The van der Waals surface area contributed by atoms with Gasteiger partial charge in [-0.15, -0.1) is 0 Å². The minimum atomic E-state index is -1.19. The third-order valence-electron chi connectivity index (χ3n) is 9.73. The maximum atomic E-state index is 13.8. The molecule has 0 aliphatic heterocycles. The number of esters is 1. The number of Topliss-reactive ketones (excluding diaryl/α,β-unsaturated/α-hetero) is 2. The molecule has 6 rings (SSSR count). The first kappa shape index (κ1) is 33.5. The van der Waals surface area contributed by atoms with Crippen molar-refractivity contribution >= 4 is 29.2 Å². The Morgan fingerprint density at radius 2 is 1.73 bits per heavy atom. The van der Waals surface area contributed by atoms with E-state index in [0.29, 0.717) is 35.4 Å². The lowest BCUT2D eigenvalue weighted by Gasteiger charge is -2.41. The second kappa shape index (κ2) is 13.6. The average molecular weight is 667 g/mol. The molecule has 0 radical (unpaired) electrons. The molecular formula is C38H38N2O9. The van der Waals surface area contributed by atoms with Gasteiger partial charge >= 0.3 is 5.97 Å². The summed E-state index contributed by atoms with van der Waals surface area (Å²) in [5.41, 5.74) is 8.63. The van der Waals surface area contributed by atoms with E-state index in [1.165, 1.54) is 13.2 Å². The quantitative estimate of drug-likeness (QED) is 0.155. The van der Waals surface area contributed by atoms with Crippen molar-refractivity contribution in [2.75, 3.05) is 13.7 Å². The molecule has 3 aliphatic carbocycles. The lowest BCUT2D eigenvalue weighted by atomic mass is 9.61. The van der Waals surface area contributed by atoms with E-state index >= 15 is 0 Å². The van der Waals surface area contributed by atoms with Crippen LogP contribution in [0.4, 0.5) is 0 Å². The van der Waals surface area contributed by atoms with Gasteiger partial charge in [-0.3, -0.25) is 19.2 Å². The molecule has 0 heterocycles. The van der Waals surface area contributed by atoms with Crippen molar-refractivity contribution in [3.63, 3.8) is 0 Å². The number of fused-ring (bicyclic) bond motifs is 3. The number of aliphatic hydroxyl groups excluding tert-OH is 2. The number of allylic oxidation sites excluding steroid dienone is 2. The van der Waals surface area contributed by atoms with E-state index in [1.54, 1.807) is 19.1 Å². The molecule has 6 N–H and O–H groups in total. The van der Waals surface area contributed by atoms with Crippen molar-refractivity contribution in [3.05, 3.63) is 99.8 Å². The van der Waals surface area contributed by atoms with E-state index in [1.807, 2.05) is 42.5 Å². The van der Waals surface area contributed by atoms with Crippen molar-refractivity contribution in [2.24, 2.45) is 23.5 Å². The van der Waals surface area contributed by atoms with Crippen LogP contribution in [0.3, 0.4) is 0 Å². The summed E-state index contributed by atoms with van der Waals surface area (Å²) in [6.07, 6.45) is 0.836. The summed E-state index contributed by atoms with van der Waals surface area (Å²) in [6.45, 7) is 2.34. The van der Waals surface area contributed by atoms with Gasteiger partial charge in [-0.2, -0.15) is 0 Å². The lowest BCUT2D eigenvalue weighted by Crippen LogP contribution is -2.44. The molecule has 4 unspecified atom stereocenters. The number of carbonyl (C=O) groups is 4. The highest BCUT2D eigenvalue weighted by Gasteiger charge is 2.51. The van der Waals surface area contributed by atoms with Crippen molar-refractivity contribution in [1.82, 2.24) is 5.32 Å². The molecule has 3 aromatic rings. The molecular weight excluding hydrogens is 628 g/mol. The highest BCUT2D eigenvalue weighted by atomic mass is 16.5. The molecule has 3 aliphatic rings. The van der Waals surface area contributed by atoms with Crippen molar-refractivity contribution < 1.29 is 44.0 Å². The number of hydrogen-bond acceptors (Lipinski definition) is 10. The van der Waals surface area contributed by atoms with Crippen LogP contribution in [0.1, 0.15) is 42.0 Å². The van der Waals surface area contributed by atoms with E-state index < -0.39 is 58.4 Å². The monoisotopic (exact) mass is 666 g/mol. The molecule has 0 spiro atoms. The molecule has 4 atom stereocenters. The van der Waals surface area contributed by atoms with Crippen LogP contribution in [-0.2, 0) is 43.3 Å². The summed E-state index contributed by atoms with van der Waals surface area (Å²) in [4.78, 5) is 51.3. The number of nitrogens with one attached hydrogen (secondary N) is 1. The minimum Gasteiger partial charge on any atom is -0.511 e. The van der Waals surface area contributed by atoms with E-state index in [-0.39, 0.29) is 48.7 Å². The number of hydrogen-bond donors (Lipinski definition) is 5. The lowest BCUT2D eigenvalue weighted by molar-refractivity contribution is -0.145. The maximum absolute atomic E-state index is 13.8. The summed E-state index contributed by atoms with van der Waals surface area (Å²) in [6, 6.07) is 17.8. The van der Waals surface area contributed by atoms with E-state index in [2.05, 4.69) is 5.32 Å². The van der Waals surface area contributed by atoms with Crippen LogP contribution in [0.25, 0.3) is 16.9 Å². The number of ether oxygens (including phenoxy) is 2. The first-order chi connectivity index (χ1) is 23.5. The fourth-order valence-corrected chi connectivity index (χ4v) is 7.54. The summed E-state index contributed by atoms with van der Waals surface area (Å²) in [5.74, 6) is -5.74. The van der Waals surface area contributed by atoms with Crippen molar-refractivity contribution in [2.45, 2.75) is 45.2 Å². The van der Waals surface area contributed by atoms with Crippen LogP contribution in [0.15, 0.2) is 77.6 Å². The highest BCUT2D eigenvalue weighted by molar-refractivity contribution is 6.21. The number of benzene rings is 3. The fraction of sp³-hybridized carbons (Fsp3) is 0.316. The molecule has 0 bridgehead atoms. The third kappa shape index (κ3) is 6.17. The Morgan fingerprint density at radius 1 is 0.980 bits per heavy atom. The Labute approximate surface area is 283 Å². The molecule has 1 fully saturated rings. The zero-order valence-electron chi connectivity index (χ0n) is 27.2. The fourth-order valence-electron chi connectivity index (χ4n) is 7.54. The normalized spacial score (nSPS) is 20.7. The number of aliphatic hydroxyl groups is 2. The second-order valence-corrected chi connectivity index (χ2v) is 12.6. The standard InChI is InChI=1S/C38H38N2O9/c1-3-49-38(47)26(14-19-7-5-4-6-8-19)40-18-20-9-12-29(48-2)24(13-20)23-10-11-27(41)32-25(23)16-21-15-22-17-28(42)33(37(39)46)36(45)31(22)34(43)30(21)35(32)44/h4-13,21-22,26,31,40-41,44-45H,3,14-18H2,1-2H3,(H2,39,46). The molecule has 0 aromatic heterocycles. The Morgan fingerprint density at radius 3 is 2.43 bits per heavy atom. The number of phenolic OH excluding ortho intramolecular Hbond substituents is 1. The summed E-state index contributed by atoms with van der Waals surface area (Å²) < 4.78 is 11.1. The number of methoxy groups -OCH3 is 1. The van der Waals surface area contributed by atoms with Crippen LogP contribution < -0.4 is 15.8 Å². The molecule has 1 saturated carbocycles. The largest absolute Gasteiger partial charge is 0.511 e. The number of aromatic hydroxyl groups is 1. The van der Waals surface area contributed by atoms with Crippen molar-refractivity contribution in [3.8, 4) is 22.6 Å². The molecule has 11 heteroatoms. The Hall–Kier alpha value is -5.42. The molecule has 0 saturated heterocycles. The van der Waals surface area contributed by atoms with Gasteiger partial charge in [0.25, 0.3) is 5.91 Å². The topological polar surface area (TPSA) is 185 Å². The zero-order chi connectivity index (χ0) is 35.0. The highest BCUT2D eigenvalue weighted by Crippen LogP contribution is 2.52. The number of primary amides is 1. The number of nitrogens with two attached hydrogens (primary N) is 1. The Kier molecular flexibility index (Phi) is 9.29. The van der Waals surface area contributed by atoms with Gasteiger partial charge in [-0.1, -0.05) is 42.5 Å². The smallest absolute Gasteiger partial charge is 0.323 e. The third-order valence-corrected chi connectivity index (χ3v) is 9.73. The molecule has 49 heavy (non-hydrogen) atoms. The molecule has 254 valence electrons. The SMILES string of the molecule is CCOC(=O)C(Cc1ccccc1)NCc1ccc(OC)c(-c2ccc(O)c3c2CC2CC4CC(=O)C(C(N)=O)=C(O)C4C(=O)C2=C3O)c1. The molecule has 3 aromatic carbocycles. The second-order valence-electron chi connectivity index (χ2n) is 12.6. The Balaban J connectivity index is 1.36.